The normalized spacial score (nSPS) is 13.1. The highest BCUT2D eigenvalue weighted by atomic mass is 14.1. The molecule has 0 amide bonds. The van der Waals surface area contributed by atoms with E-state index in [0.29, 0.717) is 0 Å². The molecule has 0 saturated carbocycles. The Kier molecular flexibility index (Phi) is 3.85. The molecule has 3 rings (SSSR count). The third-order valence-electron chi connectivity index (χ3n) is 4.51. The van der Waals surface area contributed by atoms with Crippen molar-refractivity contribution in [3.63, 3.8) is 0 Å². The first-order chi connectivity index (χ1) is 10.6. The van der Waals surface area contributed by atoms with Crippen LogP contribution in [0.3, 0.4) is 0 Å². The van der Waals surface area contributed by atoms with E-state index in [4.69, 9.17) is 0 Å². The second-order valence-electron chi connectivity index (χ2n) is 5.98. The van der Waals surface area contributed by atoms with Gasteiger partial charge in [-0.1, -0.05) is 54.6 Å². The van der Waals surface area contributed by atoms with Crippen LogP contribution in [0, 0.1) is 6.92 Å². The minimum Gasteiger partial charge on any atom is -0.0874 e. The molecule has 0 fully saturated rings. The van der Waals surface area contributed by atoms with Gasteiger partial charge in [0.15, 0.2) is 0 Å². The zero-order valence-corrected chi connectivity index (χ0v) is 13.8. The van der Waals surface area contributed by atoms with Gasteiger partial charge < -0.3 is 0 Å². The third-order valence-corrected chi connectivity index (χ3v) is 4.51. The Labute approximate surface area is 132 Å². The number of rotatable bonds is 2. The number of hydrogen-bond acceptors (Lipinski definition) is 0. The van der Waals surface area contributed by atoms with Crippen molar-refractivity contribution < 1.29 is 0 Å². The van der Waals surface area contributed by atoms with Crippen LogP contribution in [-0.2, 0) is 0 Å². The smallest absolute Gasteiger partial charge is 0.00992 e. The molecule has 3 aromatic carbocycles. The maximum absolute atomic E-state index is 2.33. The molecule has 0 heterocycles. The van der Waals surface area contributed by atoms with E-state index < -0.39 is 0 Å². The molecule has 0 aliphatic carbocycles. The lowest BCUT2D eigenvalue weighted by molar-refractivity contribution is 1.45. The van der Waals surface area contributed by atoms with Crippen LogP contribution < -0.4 is 0 Å². The Balaban J connectivity index is 2.32. The van der Waals surface area contributed by atoms with Crippen LogP contribution in [0.1, 0.15) is 31.9 Å². The molecule has 0 saturated heterocycles. The van der Waals surface area contributed by atoms with E-state index in [1.54, 1.807) is 0 Å². The summed E-state index contributed by atoms with van der Waals surface area (Å²) >= 11 is 0. The summed E-state index contributed by atoms with van der Waals surface area (Å²) in [4.78, 5) is 0. The predicted molar refractivity (Wildman–Crippen MR) is 99.3 cm³/mol. The average molecular weight is 286 g/mol. The van der Waals surface area contributed by atoms with Crippen molar-refractivity contribution >= 4 is 27.1 Å². The van der Waals surface area contributed by atoms with Gasteiger partial charge in [-0.25, -0.2) is 0 Å². The summed E-state index contributed by atoms with van der Waals surface area (Å²) in [7, 11) is 0. The minimum absolute atomic E-state index is 1.30. The molecule has 0 N–H and O–H groups in total. The lowest BCUT2D eigenvalue weighted by Gasteiger charge is -2.11. The fraction of sp³-hybridized carbons (Fsp3) is 0.182. The molecule has 0 bridgehead atoms. The van der Waals surface area contributed by atoms with Crippen LogP contribution in [0.4, 0.5) is 0 Å². The van der Waals surface area contributed by atoms with Crippen molar-refractivity contribution in [2.75, 3.05) is 0 Å². The largest absolute Gasteiger partial charge is 0.0874 e. The number of benzene rings is 3. The van der Waals surface area contributed by atoms with Crippen LogP contribution in [0.2, 0.25) is 0 Å². The molecule has 0 aromatic heterocycles. The van der Waals surface area contributed by atoms with Crippen molar-refractivity contribution in [2.24, 2.45) is 0 Å². The first-order valence-electron chi connectivity index (χ1n) is 7.84. The minimum atomic E-state index is 1.30. The third kappa shape index (κ3) is 2.46. The standard InChI is InChI=1S/C22H22/c1-5-8-15(2)17(4)18-11-12-19-13-16(3)20-9-6-7-10-21(20)22(19)14-18/h5-14H,1-4H3/b8-5-,17-15+. The Bertz CT molecular complexity index is 908. The summed E-state index contributed by atoms with van der Waals surface area (Å²) in [6.07, 6.45) is 4.27. The van der Waals surface area contributed by atoms with Crippen molar-refractivity contribution in [3.8, 4) is 0 Å². The first kappa shape index (κ1) is 14.6. The SMILES string of the molecule is C/C=C\C(C)=C(/C)c1ccc2cc(C)c3ccccc3c2c1. The summed E-state index contributed by atoms with van der Waals surface area (Å²) in [5.41, 5.74) is 5.30. The second kappa shape index (κ2) is 5.81. The van der Waals surface area contributed by atoms with Crippen molar-refractivity contribution in [3.05, 3.63) is 77.4 Å². The van der Waals surface area contributed by atoms with Crippen LogP contribution >= 0.6 is 0 Å². The van der Waals surface area contributed by atoms with Crippen molar-refractivity contribution in [1.82, 2.24) is 0 Å². The summed E-state index contributed by atoms with van der Waals surface area (Å²) in [6, 6.07) is 17.8. The zero-order chi connectivity index (χ0) is 15.7. The summed E-state index contributed by atoms with van der Waals surface area (Å²) in [5.74, 6) is 0. The molecule has 0 spiro atoms. The topological polar surface area (TPSA) is 0 Å². The number of allylic oxidation sites excluding steroid dienone is 4. The maximum Gasteiger partial charge on any atom is -0.00992 e. The fourth-order valence-corrected chi connectivity index (χ4v) is 3.12. The first-order valence-corrected chi connectivity index (χ1v) is 7.84. The molecular formula is C22H22. The van der Waals surface area contributed by atoms with E-state index in [1.165, 1.54) is 43.8 Å². The van der Waals surface area contributed by atoms with Crippen LogP contribution in [0.15, 0.2) is 66.3 Å². The zero-order valence-electron chi connectivity index (χ0n) is 13.8. The summed E-state index contributed by atoms with van der Waals surface area (Å²) < 4.78 is 0. The lowest BCUT2D eigenvalue weighted by atomic mass is 9.94. The second-order valence-corrected chi connectivity index (χ2v) is 5.98. The van der Waals surface area contributed by atoms with E-state index in [-0.39, 0.29) is 0 Å². The lowest BCUT2D eigenvalue weighted by Crippen LogP contribution is -1.87. The Morgan fingerprint density at radius 3 is 2.32 bits per heavy atom. The average Bonchev–Trinajstić information content (AvgIpc) is 2.54. The molecule has 0 aliphatic rings. The van der Waals surface area contributed by atoms with Crippen LogP contribution in [0.25, 0.3) is 27.1 Å². The van der Waals surface area contributed by atoms with E-state index in [2.05, 4.69) is 88.4 Å². The molecular weight excluding hydrogens is 264 g/mol. The number of aryl methyl sites for hydroxylation is 1. The molecule has 0 unspecified atom stereocenters. The Morgan fingerprint density at radius 1 is 0.864 bits per heavy atom. The monoisotopic (exact) mass is 286 g/mol. The van der Waals surface area contributed by atoms with Gasteiger partial charge >= 0.3 is 0 Å². The molecule has 0 heteroatoms. The molecule has 0 atom stereocenters. The number of hydrogen-bond donors (Lipinski definition) is 0. The van der Waals surface area contributed by atoms with Crippen molar-refractivity contribution in [2.45, 2.75) is 27.7 Å². The van der Waals surface area contributed by atoms with E-state index in [9.17, 15) is 0 Å². The van der Waals surface area contributed by atoms with E-state index in [0.717, 1.165) is 0 Å². The Morgan fingerprint density at radius 2 is 1.59 bits per heavy atom. The van der Waals surface area contributed by atoms with Gasteiger partial charge in [0.1, 0.15) is 0 Å². The van der Waals surface area contributed by atoms with Crippen LogP contribution in [-0.4, -0.2) is 0 Å². The summed E-state index contributed by atoms with van der Waals surface area (Å²) in [5, 5.41) is 5.34. The van der Waals surface area contributed by atoms with Gasteiger partial charge in [0, 0.05) is 0 Å². The van der Waals surface area contributed by atoms with E-state index >= 15 is 0 Å². The quantitative estimate of drug-likeness (QED) is 0.364. The predicted octanol–water partition coefficient (Wildman–Crippen LogP) is 6.67. The molecule has 110 valence electrons. The van der Waals surface area contributed by atoms with Gasteiger partial charge in [0.2, 0.25) is 0 Å². The van der Waals surface area contributed by atoms with Gasteiger partial charge in [-0.2, -0.15) is 0 Å². The molecule has 0 nitrogen and oxygen atoms in total. The number of fused-ring (bicyclic) bond motifs is 3. The van der Waals surface area contributed by atoms with Gasteiger partial charge in [-0.05, 0) is 77.6 Å². The van der Waals surface area contributed by atoms with Gasteiger partial charge in [-0.15, -0.1) is 0 Å². The highest BCUT2D eigenvalue weighted by molar-refractivity contribution is 6.09. The molecule has 0 radical (unpaired) electrons. The molecule has 3 aromatic rings. The highest BCUT2D eigenvalue weighted by Gasteiger charge is 2.06. The van der Waals surface area contributed by atoms with Gasteiger partial charge in [0.05, 0.1) is 0 Å². The highest BCUT2D eigenvalue weighted by Crippen LogP contribution is 2.31. The Hall–Kier alpha value is -2.34. The van der Waals surface area contributed by atoms with Gasteiger partial charge in [0.25, 0.3) is 0 Å². The fourth-order valence-electron chi connectivity index (χ4n) is 3.12. The van der Waals surface area contributed by atoms with Crippen molar-refractivity contribution in [1.29, 1.82) is 0 Å². The van der Waals surface area contributed by atoms with Crippen LogP contribution in [0.5, 0.6) is 0 Å². The van der Waals surface area contributed by atoms with E-state index in [1.807, 2.05) is 0 Å². The molecule has 22 heavy (non-hydrogen) atoms. The van der Waals surface area contributed by atoms with Gasteiger partial charge in [-0.3, -0.25) is 0 Å². The maximum atomic E-state index is 2.33. The molecule has 0 aliphatic heterocycles. The summed E-state index contributed by atoms with van der Waals surface area (Å²) in [6.45, 7) is 8.63.